The van der Waals surface area contributed by atoms with Crippen LogP contribution in [0, 0.1) is 18.7 Å². The third kappa shape index (κ3) is 6.11. The van der Waals surface area contributed by atoms with E-state index in [-0.39, 0.29) is 33.5 Å². The molecule has 1 N–H and O–H groups in total. The Morgan fingerprint density at radius 1 is 1.21 bits per heavy atom. The van der Waals surface area contributed by atoms with Crippen LogP contribution in [0.1, 0.15) is 52.0 Å². The predicted molar refractivity (Wildman–Crippen MR) is 142 cm³/mol. The van der Waals surface area contributed by atoms with Crippen LogP contribution in [0.15, 0.2) is 60.9 Å². The molecule has 0 spiro atoms. The van der Waals surface area contributed by atoms with Crippen molar-refractivity contribution in [1.82, 2.24) is 24.4 Å². The molecule has 1 fully saturated rings. The summed E-state index contributed by atoms with van der Waals surface area (Å²) in [7, 11) is 1.40. The molecule has 2 aromatic heterocycles. The summed E-state index contributed by atoms with van der Waals surface area (Å²) < 4.78 is 127. The van der Waals surface area contributed by atoms with E-state index in [1.807, 2.05) is 0 Å². The average molecular weight is 543 g/mol. The van der Waals surface area contributed by atoms with Gasteiger partial charge in [0.05, 0.1) is 13.1 Å². The number of likely N-dealkylation sites (N-methyl/N-ethyl adjacent to an activating group) is 1. The third-order valence-electron chi connectivity index (χ3n) is 5.63. The summed E-state index contributed by atoms with van der Waals surface area (Å²) >= 11 is 0. The Morgan fingerprint density at radius 2 is 2.03 bits per heavy atom. The molecule has 0 aliphatic carbocycles. The number of alkyl halides is 3. The number of benzene rings is 2. The first-order chi connectivity index (χ1) is 22.5. The molecule has 2 aromatic carbocycles. The van der Waals surface area contributed by atoms with Crippen molar-refractivity contribution < 1.29 is 31.7 Å². The summed E-state index contributed by atoms with van der Waals surface area (Å²) in [6, 6.07) is 8.70. The first kappa shape index (κ1) is 16.7. The van der Waals surface area contributed by atoms with Gasteiger partial charge >= 0.3 is 6.18 Å². The molecule has 200 valence electrons. The van der Waals surface area contributed by atoms with Crippen molar-refractivity contribution in [3.05, 3.63) is 94.4 Å². The number of hydrogen-bond donors (Lipinski definition) is 1. The molecule has 0 saturated carbocycles. The van der Waals surface area contributed by atoms with Crippen molar-refractivity contribution in [1.29, 1.82) is 0 Å². The van der Waals surface area contributed by atoms with Gasteiger partial charge in [-0.2, -0.15) is 18.3 Å². The van der Waals surface area contributed by atoms with Crippen LogP contribution in [0.4, 0.5) is 18.9 Å². The maximum Gasteiger partial charge on any atom is 0.416 e. The summed E-state index contributed by atoms with van der Waals surface area (Å²) in [5.74, 6) is 4.34. The molecule has 1 aliphatic rings. The van der Waals surface area contributed by atoms with Gasteiger partial charge in [-0.15, -0.1) is 0 Å². The number of fused-ring (bicyclic) bond motifs is 1. The van der Waals surface area contributed by atoms with Gasteiger partial charge in [0, 0.05) is 67.9 Å². The molecule has 0 bridgehead atoms. The van der Waals surface area contributed by atoms with Gasteiger partial charge in [0.2, 0.25) is 0 Å². The van der Waals surface area contributed by atoms with Crippen LogP contribution in [0.5, 0.6) is 0 Å². The maximum atomic E-state index is 14.4. The lowest BCUT2D eigenvalue weighted by Gasteiger charge is -2.33. The lowest BCUT2D eigenvalue weighted by molar-refractivity contribution is -0.138. The number of amides is 1. The summed E-state index contributed by atoms with van der Waals surface area (Å²) in [5.41, 5.74) is -3.26. The molecule has 0 radical (unpaired) electrons. The Morgan fingerprint density at radius 3 is 2.79 bits per heavy atom. The fourth-order valence-electron chi connectivity index (χ4n) is 3.63. The van der Waals surface area contributed by atoms with Gasteiger partial charge in [-0.1, -0.05) is 18.1 Å². The number of carbonyl (C=O) groups is 1. The monoisotopic (exact) mass is 542 g/mol. The van der Waals surface area contributed by atoms with Gasteiger partial charge < -0.3 is 10.2 Å². The Bertz CT molecular complexity index is 1980. The van der Waals surface area contributed by atoms with Crippen LogP contribution in [0.2, 0.25) is 0 Å². The third-order valence-corrected chi connectivity index (χ3v) is 5.63. The van der Waals surface area contributed by atoms with Crippen LogP contribution in [-0.4, -0.2) is 63.4 Å². The van der Waals surface area contributed by atoms with Crippen LogP contribution in [0.3, 0.4) is 0 Å². The number of rotatable bonds is 4. The van der Waals surface area contributed by atoms with Crippen molar-refractivity contribution in [3.8, 4) is 11.8 Å². The Labute approximate surface area is 238 Å². The van der Waals surface area contributed by atoms with Crippen molar-refractivity contribution in [3.63, 3.8) is 0 Å². The van der Waals surface area contributed by atoms with E-state index in [9.17, 15) is 18.0 Å². The molecule has 4 aromatic rings. The average Bonchev–Trinajstić information content (AvgIpc) is 3.27. The van der Waals surface area contributed by atoms with E-state index in [4.69, 9.17) is 13.7 Å². The number of nitrogens with one attached hydrogen (secondary N) is 1. The second-order valence-corrected chi connectivity index (χ2v) is 8.52. The Hall–Kier alpha value is -4.20. The fraction of sp³-hybridized carbons (Fsp3) is 0.276. The van der Waals surface area contributed by atoms with Gasteiger partial charge in [-0.05, 0) is 67.3 Å². The number of carbonyl (C=O) groups excluding carboxylic acids is 1. The summed E-state index contributed by atoms with van der Waals surface area (Å²) in [4.78, 5) is 18.7. The first-order valence-corrected chi connectivity index (χ1v) is 11.5. The molecule has 7 nitrogen and oxygen atoms in total. The number of aryl methyl sites for hydroxylation is 1. The fourth-order valence-corrected chi connectivity index (χ4v) is 3.63. The molecule has 10 heteroatoms. The van der Waals surface area contributed by atoms with E-state index in [2.05, 4.69) is 27.2 Å². The number of piperazine rings is 1. The topological polar surface area (TPSA) is 65.8 Å². The van der Waals surface area contributed by atoms with Gasteiger partial charge in [-0.25, -0.2) is 9.50 Å². The van der Waals surface area contributed by atoms with Crippen molar-refractivity contribution in [2.24, 2.45) is 0 Å². The molecule has 5 rings (SSSR count). The van der Waals surface area contributed by atoms with Crippen molar-refractivity contribution in [2.45, 2.75) is 19.5 Å². The standard InChI is InChI=1S/C29H27F3N6O/c1-20-5-6-22(16-21(20)8-10-25-18-33-27-4-3-11-34-38(25)27)28(39)35-24-9-7-23(26(17-24)29(30,31)32)19-37-14-12-36(2)13-15-37/h3-7,9,11,16-18H,12-15,19H2,1-2H3,(H,35,39)/i1D3,14D2,15D2,18D,19D2. The molecule has 0 atom stereocenters. The number of aromatic nitrogens is 3. The second-order valence-electron chi connectivity index (χ2n) is 8.52. The lowest BCUT2D eigenvalue weighted by Crippen LogP contribution is -2.44. The molecular weight excluding hydrogens is 505 g/mol. The number of nitrogens with zero attached hydrogens (tertiary/aromatic N) is 5. The Balaban J connectivity index is 1.51. The van der Waals surface area contributed by atoms with Gasteiger partial charge in [-0.3, -0.25) is 9.69 Å². The van der Waals surface area contributed by atoms with Gasteiger partial charge in [0.25, 0.3) is 5.91 Å². The zero-order valence-corrected chi connectivity index (χ0v) is 20.4. The number of halogens is 3. The van der Waals surface area contributed by atoms with Crippen molar-refractivity contribution >= 4 is 17.2 Å². The minimum absolute atomic E-state index is 0.0410. The van der Waals surface area contributed by atoms with Gasteiger partial charge in [0.1, 0.15) is 5.69 Å². The molecule has 1 saturated heterocycles. The minimum Gasteiger partial charge on any atom is -0.322 e. The number of anilines is 1. The first-order valence-electron chi connectivity index (χ1n) is 16.5. The zero-order valence-electron chi connectivity index (χ0n) is 30.4. The minimum atomic E-state index is -5.21. The van der Waals surface area contributed by atoms with E-state index < -0.39 is 68.3 Å². The van der Waals surface area contributed by atoms with Crippen LogP contribution in [-0.2, 0) is 12.7 Å². The number of imidazole rings is 1. The SMILES string of the molecule is [2H]c1nc2cccnn2c1C#Cc1cc(C(=O)Nc2ccc(C([2H])([2H])N3C([2H])([2H])CN(C)CC3([2H])[2H])c(C(F)(F)F)c2)ccc1C([2H])([2H])[2H]. The molecular formula is C29H27F3N6O. The van der Waals surface area contributed by atoms with E-state index in [0.717, 1.165) is 24.3 Å². The summed E-state index contributed by atoms with van der Waals surface area (Å²) in [6.07, 6.45) is -4.00. The molecule has 0 unspecified atom stereocenters. The highest BCUT2D eigenvalue weighted by Gasteiger charge is 2.34. The summed E-state index contributed by atoms with van der Waals surface area (Å²) in [6.45, 7) is -12.3. The molecule has 39 heavy (non-hydrogen) atoms. The van der Waals surface area contributed by atoms with E-state index in [1.165, 1.54) is 22.7 Å². The quantitative estimate of drug-likeness (QED) is 0.386. The normalized spacial score (nSPS) is 21.7. The largest absolute Gasteiger partial charge is 0.416 e. The smallest absolute Gasteiger partial charge is 0.322 e. The van der Waals surface area contributed by atoms with Crippen LogP contribution in [0.25, 0.3) is 5.65 Å². The lowest BCUT2D eigenvalue weighted by atomic mass is 10.0. The second kappa shape index (κ2) is 10.9. The molecule has 1 aliphatic heterocycles. The highest BCUT2D eigenvalue weighted by Crippen LogP contribution is 2.34. The van der Waals surface area contributed by atoms with E-state index >= 15 is 0 Å². The molecule has 3 heterocycles. The highest BCUT2D eigenvalue weighted by atomic mass is 19.4. The van der Waals surface area contributed by atoms with Crippen molar-refractivity contribution in [2.75, 3.05) is 38.4 Å². The predicted octanol–water partition coefficient (Wildman–Crippen LogP) is 4.46. The van der Waals surface area contributed by atoms with Crippen LogP contribution < -0.4 is 5.32 Å². The summed E-state index contributed by atoms with van der Waals surface area (Å²) in [5, 5.41) is 6.36. The Kier molecular flexibility index (Phi) is 4.66. The van der Waals surface area contributed by atoms with E-state index in [1.54, 1.807) is 12.1 Å². The van der Waals surface area contributed by atoms with Gasteiger partial charge in [0.15, 0.2) is 5.65 Å². The van der Waals surface area contributed by atoms with Crippen LogP contribution >= 0.6 is 0 Å². The molecule has 1 amide bonds. The number of hydrogen-bond acceptors (Lipinski definition) is 5. The van der Waals surface area contributed by atoms with E-state index in [0.29, 0.717) is 17.8 Å². The highest BCUT2D eigenvalue weighted by molar-refractivity contribution is 6.04. The maximum absolute atomic E-state index is 14.4. The zero-order chi connectivity index (χ0) is 36.3.